The van der Waals surface area contributed by atoms with Crippen LogP contribution in [0.15, 0.2) is 29.1 Å². The summed E-state index contributed by atoms with van der Waals surface area (Å²) >= 11 is 3.45. The van der Waals surface area contributed by atoms with E-state index in [1.165, 1.54) is 0 Å². The van der Waals surface area contributed by atoms with E-state index in [1.807, 2.05) is 16.9 Å². The average Bonchev–Trinajstić information content (AvgIpc) is 2.90. The monoisotopic (exact) mass is 352 g/mol. The average molecular weight is 353 g/mol. The van der Waals surface area contributed by atoms with Gasteiger partial charge in [-0.15, -0.1) is 0 Å². The van der Waals surface area contributed by atoms with Crippen molar-refractivity contribution in [1.29, 1.82) is 0 Å². The third-order valence-electron chi connectivity index (χ3n) is 2.91. The molecule has 6 heteroatoms. The van der Waals surface area contributed by atoms with Crippen molar-refractivity contribution in [2.24, 2.45) is 0 Å². The van der Waals surface area contributed by atoms with Crippen molar-refractivity contribution < 1.29 is 4.74 Å². The molecule has 2 aromatic heterocycles. The minimum Gasteiger partial charge on any atom is -0.435 e. The number of rotatable bonds is 8. The summed E-state index contributed by atoms with van der Waals surface area (Å²) in [6, 6.07) is 2.03. The summed E-state index contributed by atoms with van der Waals surface area (Å²) in [5.74, 6) is 1.34. The molecule has 0 aliphatic rings. The van der Waals surface area contributed by atoms with Crippen LogP contribution in [0.1, 0.15) is 32.3 Å². The summed E-state index contributed by atoms with van der Waals surface area (Å²) in [7, 11) is 0. The van der Waals surface area contributed by atoms with Gasteiger partial charge in [-0.1, -0.05) is 13.8 Å². The molecule has 5 nitrogen and oxygen atoms in total. The van der Waals surface area contributed by atoms with Crippen LogP contribution in [-0.2, 0) is 13.1 Å². The Kier molecular flexibility index (Phi) is 6.20. The molecule has 0 aromatic carbocycles. The van der Waals surface area contributed by atoms with Gasteiger partial charge in [-0.05, 0) is 41.4 Å². The van der Waals surface area contributed by atoms with Crippen molar-refractivity contribution in [3.05, 3.63) is 34.7 Å². The number of hydrogen-bond donors (Lipinski definition) is 1. The largest absolute Gasteiger partial charge is 0.435 e. The molecule has 0 unspecified atom stereocenters. The predicted molar refractivity (Wildman–Crippen MR) is 86.5 cm³/mol. The van der Waals surface area contributed by atoms with Crippen LogP contribution in [0.2, 0.25) is 0 Å². The molecule has 0 aliphatic carbocycles. The van der Waals surface area contributed by atoms with Crippen molar-refractivity contribution >= 4 is 15.9 Å². The molecule has 0 amide bonds. The summed E-state index contributed by atoms with van der Waals surface area (Å²) < 4.78 is 8.69. The fourth-order valence-electron chi connectivity index (χ4n) is 1.95. The van der Waals surface area contributed by atoms with Crippen LogP contribution >= 0.6 is 15.9 Å². The zero-order valence-corrected chi connectivity index (χ0v) is 14.1. The van der Waals surface area contributed by atoms with Crippen LogP contribution in [0, 0.1) is 0 Å². The van der Waals surface area contributed by atoms with Crippen molar-refractivity contribution in [2.45, 2.75) is 39.8 Å². The topological polar surface area (TPSA) is 52.0 Å². The molecular weight excluding hydrogens is 332 g/mol. The smallest absolute Gasteiger partial charge is 0.223 e. The lowest BCUT2D eigenvalue weighted by Gasteiger charge is -2.10. The van der Waals surface area contributed by atoms with Gasteiger partial charge in [0.25, 0.3) is 0 Å². The molecule has 0 aliphatic heterocycles. The molecule has 0 saturated heterocycles. The number of aromatic nitrogens is 3. The lowest BCUT2D eigenvalue weighted by molar-refractivity contribution is 0.451. The van der Waals surface area contributed by atoms with Crippen LogP contribution in [0.25, 0.3) is 0 Å². The van der Waals surface area contributed by atoms with Crippen LogP contribution in [0.5, 0.6) is 11.6 Å². The van der Waals surface area contributed by atoms with Gasteiger partial charge < -0.3 is 10.1 Å². The predicted octanol–water partition coefficient (Wildman–Crippen LogP) is 3.74. The molecule has 114 valence electrons. The second-order valence-electron chi connectivity index (χ2n) is 4.84. The van der Waals surface area contributed by atoms with Gasteiger partial charge in [-0.25, -0.2) is 4.98 Å². The number of halogens is 1. The second-order valence-corrected chi connectivity index (χ2v) is 5.75. The maximum Gasteiger partial charge on any atom is 0.223 e. The number of aryl methyl sites for hydroxylation is 1. The summed E-state index contributed by atoms with van der Waals surface area (Å²) in [6.45, 7) is 6.86. The van der Waals surface area contributed by atoms with Gasteiger partial charge in [0, 0.05) is 29.3 Å². The summed E-state index contributed by atoms with van der Waals surface area (Å²) in [5, 5.41) is 7.63. The van der Waals surface area contributed by atoms with Gasteiger partial charge in [-0.2, -0.15) is 5.10 Å². The quantitative estimate of drug-likeness (QED) is 0.735. The van der Waals surface area contributed by atoms with E-state index in [2.05, 4.69) is 45.2 Å². The molecule has 2 heterocycles. The van der Waals surface area contributed by atoms with E-state index in [4.69, 9.17) is 4.74 Å². The van der Waals surface area contributed by atoms with E-state index in [0.29, 0.717) is 5.88 Å². The zero-order chi connectivity index (χ0) is 15.1. The molecule has 2 rings (SSSR count). The first-order valence-electron chi connectivity index (χ1n) is 7.28. The summed E-state index contributed by atoms with van der Waals surface area (Å²) in [6.07, 6.45) is 7.51. The maximum absolute atomic E-state index is 5.87. The Morgan fingerprint density at radius 1 is 1.29 bits per heavy atom. The molecule has 0 bridgehead atoms. The van der Waals surface area contributed by atoms with Gasteiger partial charge in [0.05, 0.1) is 12.4 Å². The van der Waals surface area contributed by atoms with Crippen LogP contribution in [0.4, 0.5) is 0 Å². The van der Waals surface area contributed by atoms with E-state index < -0.39 is 0 Å². The van der Waals surface area contributed by atoms with Gasteiger partial charge in [0.1, 0.15) is 0 Å². The third kappa shape index (κ3) is 4.82. The highest BCUT2D eigenvalue weighted by molar-refractivity contribution is 9.10. The molecule has 0 radical (unpaired) electrons. The standard InChI is InChI=1S/C15H21BrN4O/c1-3-5-17-8-12-7-13(16)9-18-15(12)21-14-10-19-20(11-14)6-4-2/h7,9-11,17H,3-6,8H2,1-2H3. The van der Waals surface area contributed by atoms with Crippen LogP contribution in [0.3, 0.4) is 0 Å². The summed E-state index contributed by atoms with van der Waals surface area (Å²) in [4.78, 5) is 4.36. The highest BCUT2D eigenvalue weighted by Crippen LogP contribution is 2.25. The normalized spacial score (nSPS) is 10.8. The lowest BCUT2D eigenvalue weighted by atomic mass is 10.2. The Morgan fingerprint density at radius 3 is 2.90 bits per heavy atom. The third-order valence-corrected chi connectivity index (χ3v) is 3.34. The van der Waals surface area contributed by atoms with Crippen molar-refractivity contribution in [3.63, 3.8) is 0 Å². The minimum absolute atomic E-state index is 0.623. The van der Waals surface area contributed by atoms with Crippen molar-refractivity contribution in [3.8, 4) is 11.6 Å². The zero-order valence-electron chi connectivity index (χ0n) is 12.5. The molecular formula is C15H21BrN4O. The number of ether oxygens (including phenoxy) is 1. The van der Waals surface area contributed by atoms with E-state index >= 15 is 0 Å². The molecule has 0 atom stereocenters. The number of nitrogens with zero attached hydrogens (tertiary/aromatic N) is 3. The first kappa shape index (κ1) is 16.0. The molecule has 0 spiro atoms. The SMILES string of the molecule is CCCNCc1cc(Br)cnc1Oc1cnn(CCC)c1. The van der Waals surface area contributed by atoms with E-state index in [9.17, 15) is 0 Å². The minimum atomic E-state index is 0.623. The highest BCUT2D eigenvalue weighted by Gasteiger charge is 2.09. The van der Waals surface area contributed by atoms with Gasteiger partial charge >= 0.3 is 0 Å². The Bertz CT molecular complexity index is 571. The van der Waals surface area contributed by atoms with Gasteiger partial charge in [0.15, 0.2) is 5.75 Å². The first-order valence-corrected chi connectivity index (χ1v) is 8.07. The van der Waals surface area contributed by atoms with Crippen molar-refractivity contribution in [1.82, 2.24) is 20.1 Å². The Labute approximate surface area is 133 Å². The Hall–Kier alpha value is -1.40. The highest BCUT2D eigenvalue weighted by atomic mass is 79.9. The summed E-state index contributed by atoms with van der Waals surface area (Å²) in [5.41, 5.74) is 1.03. The molecule has 21 heavy (non-hydrogen) atoms. The Balaban J connectivity index is 2.10. The first-order chi connectivity index (χ1) is 10.2. The van der Waals surface area contributed by atoms with E-state index in [0.717, 1.165) is 48.3 Å². The number of nitrogens with one attached hydrogen (secondary N) is 1. The second kappa shape index (κ2) is 8.14. The maximum atomic E-state index is 5.87. The fourth-order valence-corrected chi connectivity index (χ4v) is 2.33. The molecule has 0 fully saturated rings. The number of pyridine rings is 1. The Morgan fingerprint density at radius 2 is 2.14 bits per heavy atom. The molecule has 0 saturated carbocycles. The van der Waals surface area contributed by atoms with Crippen LogP contribution < -0.4 is 10.1 Å². The van der Waals surface area contributed by atoms with E-state index in [1.54, 1.807) is 12.4 Å². The van der Waals surface area contributed by atoms with Gasteiger partial charge in [-0.3, -0.25) is 4.68 Å². The molecule has 1 N–H and O–H groups in total. The molecule has 2 aromatic rings. The van der Waals surface area contributed by atoms with Crippen molar-refractivity contribution in [2.75, 3.05) is 6.54 Å². The number of hydrogen-bond acceptors (Lipinski definition) is 4. The van der Waals surface area contributed by atoms with E-state index in [-0.39, 0.29) is 0 Å². The van der Waals surface area contributed by atoms with Crippen LogP contribution in [-0.4, -0.2) is 21.3 Å². The lowest BCUT2D eigenvalue weighted by Crippen LogP contribution is -2.14. The van der Waals surface area contributed by atoms with Gasteiger partial charge in [0.2, 0.25) is 5.88 Å². The fraction of sp³-hybridized carbons (Fsp3) is 0.467.